The minimum Gasteiger partial charge on any atom is -0.496 e. The van der Waals surface area contributed by atoms with Crippen molar-refractivity contribution < 1.29 is 23.8 Å². The molecule has 2 atom stereocenters. The van der Waals surface area contributed by atoms with Gasteiger partial charge in [0, 0.05) is 18.3 Å². The highest BCUT2D eigenvalue weighted by molar-refractivity contribution is 5.95. The van der Waals surface area contributed by atoms with Crippen molar-refractivity contribution in [2.24, 2.45) is 0 Å². The molecular formula is C20H21FN4O4. The second kappa shape index (κ2) is 7.67. The van der Waals surface area contributed by atoms with Crippen molar-refractivity contribution in [3.8, 4) is 5.75 Å². The summed E-state index contributed by atoms with van der Waals surface area (Å²) < 4.78 is 25.9. The van der Waals surface area contributed by atoms with E-state index in [-0.39, 0.29) is 24.0 Å². The first-order chi connectivity index (χ1) is 14.0. The number of rotatable bonds is 5. The van der Waals surface area contributed by atoms with Crippen molar-refractivity contribution in [2.75, 3.05) is 25.2 Å². The predicted molar refractivity (Wildman–Crippen MR) is 103 cm³/mol. The lowest BCUT2D eigenvalue weighted by Crippen LogP contribution is -2.26. The zero-order valence-corrected chi connectivity index (χ0v) is 16.1. The highest BCUT2D eigenvalue weighted by Gasteiger charge is 2.35. The van der Waals surface area contributed by atoms with Gasteiger partial charge in [-0.15, -0.1) is 0 Å². The summed E-state index contributed by atoms with van der Waals surface area (Å²) in [6, 6.07) is 5.72. The maximum Gasteiger partial charge on any atom is 0.343 e. The van der Waals surface area contributed by atoms with Crippen LogP contribution in [0, 0.1) is 5.82 Å². The average Bonchev–Trinajstić information content (AvgIpc) is 3.31. The normalized spacial score (nSPS) is 19.0. The fourth-order valence-electron chi connectivity index (χ4n) is 3.70. The van der Waals surface area contributed by atoms with Gasteiger partial charge >= 0.3 is 5.97 Å². The van der Waals surface area contributed by atoms with E-state index in [1.807, 2.05) is 4.90 Å². The number of fused-ring (bicyclic) bond motifs is 1. The molecule has 0 spiro atoms. The SMILES string of the molecule is CCOC(=O)c1cnn2ccc(N3C[C@H](O)C[C@@H]3c3cc(F)ccc3OC)nc12. The van der Waals surface area contributed by atoms with Gasteiger partial charge in [0.05, 0.1) is 32.1 Å². The first-order valence-electron chi connectivity index (χ1n) is 9.31. The Labute approximate surface area is 166 Å². The van der Waals surface area contributed by atoms with E-state index >= 15 is 0 Å². The van der Waals surface area contributed by atoms with Crippen LogP contribution < -0.4 is 9.64 Å². The molecule has 3 heterocycles. The number of aliphatic hydroxyl groups is 1. The first kappa shape index (κ1) is 19.1. The van der Waals surface area contributed by atoms with Crippen molar-refractivity contribution in [1.82, 2.24) is 14.6 Å². The lowest BCUT2D eigenvalue weighted by Gasteiger charge is -2.27. The Bertz CT molecular complexity index is 1050. The smallest absolute Gasteiger partial charge is 0.343 e. The number of aromatic nitrogens is 3. The van der Waals surface area contributed by atoms with Crippen molar-refractivity contribution in [3.05, 3.63) is 53.6 Å². The Morgan fingerprint density at radius 1 is 1.38 bits per heavy atom. The highest BCUT2D eigenvalue weighted by atomic mass is 19.1. The minimum absolute atomic E-state index is 0.246. The van der Waals surface area contributed by atoms with Crippen LogP contribution in [0.15, 0.2) is 36.7 Å². The third-order valence-electron chi connectivity index (χ3n) is 4.97. The summed E-state index contributed by atoms with van der Waals surface area (Å²) in [6.07, 6.45) is 2.89. The second-order valence-electron chi connectivity index (χ2n) is 6.78. The Balaban J connectivity index is 1.76. The Morgan fingerprint density at radius 3 is 2.97 bits per heavy atom. The largest absolute Gasteiger partial charge is 0.496 e. The second-order valence-corrected chi connectivity index (χ2v) is 6.78. The molecule has 0 radical (unpaired) electrons. The Kier molecular flexibility index (Phi) is 5.06. The van der Waals surface area contributed by atoms with Crippen LogP contribution in [0.2, 0.25) is 0 Å². The zero-order chi connectivity index (χ0) is 20.5. The first-order valence-corrected chi connectivity index (χ1v) is 9.31. The van der Waals surface area contributed by atoms with Crippen LogP contribution in [0.3, 0.4) is 0 Å². The summed E-state index contributed by atoms with van der Waals surface area (Å²) in [5.74, 6) is 0.187. The molecule has 1 saturated heterocycles. The van der Waals surface area contributed by atoms with Gasteiger partial charge in [-0.25, -0.2) is 18.7 Å². The number of carbonyl (C=O) groups excluding carboxylic acids is 1. The number of hydrogen-bond acceptors (Lipinski definition) is 7. The van der Waals surface area contributed by atoms with E-state index in [2.05, 4.69) is 10.1 Å². The molecule has 1 fully saturated rings. The van der Waals surface area contributed by atoms with Gasteiger partial charge in [0.15, 0.2) is 5.65 Å². The van der Waals surface area contributed by atoms with Gasteiger partial charge in [-0.3, -0.25) is 0 Å². The van der Waals surface area contributed by atoms with Crippen LogP contribution in [0.25, 0.3) is 5.65 Å². The van der Waals surface area contributed by atoms with E-state index in [1.54, 1.807) is 25.3 Å². The van der Waals surface area contributed by atoms with E-state index in [4.69, 9.17) is 9.47 Å². The van der Waals surface area contributed by atoms with E-state index in [1.165, 1.54) is 30.0 Å². The maximum atomic E-state index is 13.9. The van der Waals surface area contributed by atoms with E-state index in [9.17, 15) is 14.3 Å². The summed E-state index contributed by atoms with van der Waals surface area (Å²) in [7, 11) is 1.52. The molecule has 0 bridgehead atoms. The number of nitrogens with zero attached hydrogens (tertiary/aromatic N) is 4. The molecule has 8 nitrogen and oxygen atoms in total. The molecule has 29 heavy (non-hydrogen) atoms. The molecular weight excluding hydrogens is 379 g/mol. The van der Waals surface area contributed by atoms with Gasteiger partial charge in [-0.05, 0) is 37.6 Å². The lowest BCUT2D eigenvalue weighted by atomic mass is 10.0. The molecule has 4 rings (SSSR count). The third kappa shape index (κ3) is 3.49. The van der Waals surface area contributed by atoms with Gasteiger partial charge in [-0.1, -0.05) is 0 Å². The average molecular weight is 400 g/mol. The van der Waals surface area contributed by atoms with Crippen molar-refractivity contribution >= 4 is 17.4 Å². The molecule has 3 aromatic rings. The summed E-state index contributed by atoms with van der Waals surface area (Å²) in [5, 5.41) is 14.5. The zero-order valence-electron chi connectivity index (χ0n) is 16.1. The van der Waals surface area contributed by atoms with E-state index < -0.39 is 12.1 Å². The molecule has 0 saturated carbocycles. The van der Waals surface area contributed by atoms with Crippen LogP contribution in [0.5, 0.6) is 5.75 Å². The summed E-state index contributed by atoms with van der Waals surface area (Å²) in [5.41, 5.74) is 1.24. The van der Waals surface area contributed by atoms with Crippen molar-refractivity contribution in [1.29, 1.82) is 0 Å². The van der Waals surface area contributed by atoms with Gasteiger partial charge in [-0.2, -0.15) is 5.10 Å². The number of aliphatic hydroxyl groups excluding tert-OH is 1. The maximum absolute atomic E-state index is 13.9. The lowest BCUT2D eigenvalue weighted by molar-refractivity contribution is 0.0528. The van der Waals surface area contributed by atoms with Crippen LogP contribution in [0.1, 0.15) is 35.3 Å². The molecule has 9 heteroatoms. The topological polar surface area (TPSA) is 89.2 Å². The molecule has 2 aromatic heterocycles. The molecule has 1 N–H and O–H groups in total. The van der Waals surface area contributed by atoms with Gasteiger partial charge in [0.1, 0.15) is 22.9 Å². The van der Waals surface area contributed by atoms with E-state index in [0.717, 1.165) is 0 Å². The molecule has 152 valence electrons. The molecule has 1 aliphatic rings. The third-order valence-corrected chi connectivity index (χ3v) is 4.97. The number of β-amino-alcohol motifs (C(OH)–C–C–N with tert-alkyl or cyclic N) is 1. The van der Waals surface area contributed by atoms with Crippen LogP contribution in [-0.2, 0) is 4.74 Å². The molecule has 1 aliphatic heterocycles. The van der Waals surface area contributed by atoms with E-state index in [0.29, 0.717) is 35.7 Å². The number of halogens is 1. The van der Waals surface area contributed by atoms with Crippen LogP contribution in [-0.4, -0.2) is 52.0 Å². The number of hydrogen-bond donors (Lipinski definition) is 1. The number of esters is 1. The molecule has 0 amide bonds. The predicted octanol–water partition coefficient (Wildman–Crippen LogP) is 2.37. The fourth-order valence-corrected chi connectivity index (χ4v) is 3.70. The van der Waals surface area contributed by atoms with Crippen molar-refractivity contribution in [2.45, 2.75) is 25.5 Å². The summed E-state index contributed by atoms with van der Waals surface area (Å²) >= 11 is 0. The van der Waals surface area contributed by atoms with Crippen molar-refractivity contribution in [3.63, 3.8) is 0 Å². The number of benzene rings is 1. The Hall–Kier alpha value is -3.20. The monoisotopic (exact) mass is 400 g/mol. The standard InChI is InChI=1S/C20H21FN4O4/c1-3-29-20(27)15-10-22-25-7-6-18(23-19(15)25)24-11-13(26)9-16(24)14-8-12(21)4-5-17(14)28-2/h4-8,10,13,16,26H,3,9,11H2,1-2H3/t13-,16-/m1/s1. The highest BCUT2D eigenvalue weighted by Crippen LogP contribution is 2.39. The molecule has 1 aromatic carbocycles. The number of anilines is 1. The minimum atomic E-state index is -0.611. The number of methoxy groups -OCH3 is 1. The van der Waals surface area contributed by atoms with Crippen LogP contribution >= 0.6 is 0 Å². The Morgan fingerprint density at radius 2 is 2.21 bits per heavy atom. The number of ether oxygens (including phenoxy) is 2. The molecule has 0 unspecified atom stereocenters. The van der Waals surface area contributed by atoms with Gasteiger partial charge in [0.2, 0.25) is 0 Å². The summed E-state index contributed by atoms with van der Waals surface area (Å²) in [4.78, 5) is 18.7. The molecule has 0 aliphatic carbocycles. The summed E-state index contributed by atoms with van der Waals surface area (Å²) in [6.45, 7) is 2.29. The number of carbonyl (C=O) groups is 1. The van der Waals surface area contributed by atoms with Crippen LogP contribution in [0.4, 0.5) is 10.2 Å². The fraction of sp³-hybridized carbons (Fsp3) is 0.350. The van der Waals surface area contributed by atoms with Gasteiger partial charge in [0.25, 0.3) is 0 Å². The quantitative estimate of drug-likeness (QED) is 0.658. The van der Waals surface area contributed by atoms with Gasteiger partial charge < -0.3 is 19.5 Å².